The summed E-state index contributed by atoms with van der Waals surface area (Å²) in [6, 6.07) is 4.55. The van der Waals surface area contributed by atoms with Gasteiger partial charge in [0.15, 0.2) is 5.88 Å². The van der Waals surface area contributed by atoms with Crippen LogP contribution in [0.4, 0.5) is 5.88 Å². The van der Waals surface area contributed by atoms with Crippen molar-refractivity contribution >= 4 is 30.0 Å². The Kier molecular flexibility index (Phi) is 3.43. The van der Waals surface area contributed by atoms with Crippen LogP contribution < -0.4 is 4.81 Å². The van der Waals surface area contributed by atoms with Crippen molar-refractivity contribution in [1.29, 1.82) is 0 Å². The molecule has 0 bridgehead atoms. The predicted octanol–water partition coefficient (Wildman–Crippen LogP) is 4.61. The topological polar surface area (TPSA) is 32.5 Å². The molecule has 1 atom stereocenters. The lowest BCUT2D eigenvalue weighted by molar-refractivity contribution is 0.233. The van der Waals surface area contributed by atoms with E-state index in [4.69, 9.17) is 4.42 Å². The quantitative estimate of drug-likeness (QED) is 0.712. The lowest BCUT2D eigenvalue weighted by Crippen LogP contribution is -2.61. The summed E-state index contributed by atoms with van der Waals surface area (Å²) in [6.07, 6.45) is 5.27. The zero-order chi connectivity index (χ0) is 18.1. The summed E-state index contributed by atoms with van der Waals surface area (Å²) in [7, 11) is 2.15. The first-order valence-electron chi connectivity index (χ1n) is 9.20. The molecule has 1 saturated heterocycles. The van der Waals surface area contributed by atoms with Gasteiger partial charge in [0.25, 0.3) is 0 Å². The summed E-state index contributed by atoms with van der Waals surface area (Å²) in [4.78, 5) is 9.37. The van der Waals surface area contributed by atoms with Gasteiger partial charge in [0.2, 0.25) is 5.71 Å². The third-order valence-corrected chi connectivity index (χ3v) is 6.35. The van der Waals surface area contributed by atoms with Gasteiger partial charge in [0, 0.05) is 28.7 Å². The Balaban J connectivity index is 1.84. The second-order valence-electron chi connectivity index (χ2n) is 9.11. The first-order chi connectivity index (χ1) is 11.6. The van der Waals surface area contributed by atoms with Gasteiger partial charge in [-0.2, -0.15) is 0 Å². The van der Waals surface area contributed by atoms with Crippen molar-refractivity contribution in [3.63, 3.8) is 0 Å². The number of anilines is 1. The molecule has 2 aliphatic heterocycles. The van der Waals surface area contributed by atoms with E-state index in [9.17, 15) is 0 Å². The molecule has 5 heteroatoms. The minimum atomic E-state index is 0.138. The molecule has 25 heavy (non-hydrogen) atoms. The van der Waals surface area contributed by atoms with Gasteiger partial charge in [-0.05, 0) is 58.7 Å². The molecule has 4 rings (SSSR count). The molecule has 1 unspecified atom stereocenters. The molecule has 0 aromatic carbocycles. The molecule has 0 N–H and O–H groups in total. The maximum absolute atomic E-state index is 6.14. The monoisotopic (exact) mass is 337 g/mol. The Labute approximate surface area is 151 Å². The van der Waals surface area contributed by atoms with Crippen LogP contribution in [0.25, 0.3) is 17.2 Å². The predicted molar refractivity (Wildman–Crippen MR) is 106 cm³/mol. The zero-order valence-electron chi connectivity index (χ0n) is 16.4. The maximum Gasteiger partial charge on any atom is 0.376 e. The minimum Gasteiger partial charge on any atom is -0.423 e. The summed E-state index contributed by atoms with van der Waals surface area (Å²) >= 11 is 0. The molecule has 2 aromatic heterocycles. The number of rotatable bonds is 1. The van der Waals surface area contributed by atoms with Gasteiger partial charge in [0.1, 0.15) is 0 Å². The van der Waals surface area contributed by atoms with Crippen LogP contribution in [0.1, 0.15) is 53.5 Å². The molecule has 0 spiro atoms. The van der Waals surface area contributed by atoms with Crippen molar-refractivity contribution in [3.8, 4) is 0 Å². The molecule has 2 aliphatic rings. The third-order valence-electron chi connectivity index (χ3n) is 6.35. The molecule has 0 amide bonds. The van der Waals surface area contributed by atoms with Crippen LogP contribution in [-0.2, 0) is 0 Å². The molecule has 1 fully saturated rings. The number of allylic oxidation sites excluding steroid dienone is 1. The fraction of sp³-hybridized carbons (Fsp3) is 0.550. The summed E-state index contributed by atoms with van der Waals surface area (Å²) in [5.41, 5.74) is 3.67. The first kappa shape index (κ1) is 16.7. The number of fused-ring (bicyclic) bond motifs is 3. The third kappa shape index (κ3) is 2.28. The highest BCUT2D eigenvalue weighted by atomic mass is 16.4. The van der Waals surface area contributed by atoms with Crippen molar-refractivity contribution < 1.29 is 4.42 Å². The largest absolute Gasteiger partial charge is 0.423 e. The molecule has 0 saturated carbocycles. The van der Waals surface area contributed by atoms with Gasteiger partial charge in [-0.3, -0.25) is 0 Å². The second kappa shape index (κ2) is 5.13. The molecule has 0 radical (unpaired) electrons. The highest BCUT2D eigenvalue weighted by Gasteiger charge is 2.54. The smallest absolute Gasteiger partial charge is 0.376 e. The van der Waals surface area contributed by atoms with Gasteiger partial charge in [-0.1, -0.05) is 25.4 Å². The fourth-order valence-corrected chi connectivity index (χ4v) is 5.26. The van der Waals surface area contributed by atoms with E-state index in [0.717, 1.165) is 22.5 Å². The van der Waals surface area contributed by atoms with Crippen LogP contribution >= 0.6 is 0 Å². The summed E-state index contributed by atoms with van der Waals surface area (Å²) < 4.78 is 6.14. The summed E-state index contributed by atoms with van der Waals surface area (Å²) in [5, 5.41) is 1.09. The van der Waals surface area contributed by atoms with Crippen LogP contribution in [0.15, 0.2) is 28.2 Å². The number of aromatic nitrogens is 1. The van der Waals surface area contributed by atoms with Gasteiger partial charge in [0.05, 0.1) is 0 Å². The summed E-state index contributed by atoms with van der Waals surface area (Å²) in [5.74, 6) is 0.928. The fourth-order valence-electron chi connectivity index (χ4n) is 5.26. The number of nitrogens with zero attached hydrogens (tertiary/aromatic N) is 3. The van der Waals surface area contributed by atoms with Crippen molar-refractivity contribution in [2.75, 3.05) is 11.9 Å². The Morgan fingerprint density at radius 2 is 2.00 bits per heavy atom. The van der Waals surface area contributed by atoms with E-state index in [1.807, 2.05) is 6.07 Å². The molecule has 4 nitrogen and oxygen atoms in total. The van der Waals surface area contributed by atoms with E-state index >= 15 is 0 Å². The van der Waals surface area contributed by atoms with Crippen LogP contribution in [0.3, 0.4) is 0 Å². The average Bonchev–Trinajstić information content (AvgIpc) is 2.95. The molecular formula is C20H28BN3O. The first-order valence-corrected chi connectivity index (χ1v) is 9.20. The van der Waals surface area contributed by atoms with Gasteiger partial charge < -0.3 is 14.0 Å². The van der Waals surface area contributed by atoms with E-state index < -0.39 is 0 Å². The SMILES string of the molecule is CC1=Cc2c(oc3ncccc23)N(C)B1N1C(C)C(C)(C)CC1(C)C. The minimum absolute atomic E-state index is 0.138. The van der Waals surface area contributed by atoms with Crippen LogP contribution in [0.5, 0.6) is 0 Å². The van der Waals surface area contributed by atoms with Crippen molar-refractivity contribution in [3.05, 3.63) is 29.4 Å². The number of pyridine rings is 1. The van der Waals surface area contributed by atoms with Gasteiger partial charge in [-0.25, -0.2) is 4.98 Å². The van der Waals surface area contributed by atoms with Crippen molar-refractivity contribution in [2.24, 2.45) is 5.41 Å². The Hall–Kier alpha value is -1.75. The van der Waals surface area contributed by atoms with Crippen molar-refractivity contribution in [2.45, 2.75) is 59.5 Å². The van der Waals surface area contributed by atoms with Crippen LogP contribution in [0, 0.1) is 5.41 Å². The Morgan fingerprint density at radius 3 is 2.64 bits per heavy atom. The standard InChI is InChI=1S/C20H28BN3O/c1-13-11-16-15-9-8-10-22-17(15)25-18(16)23(7)21(13)24-14(2)19(3,4)12-20(24,5)6/h8-11,14H,12H2,1-7H3. The zero-order valence-corrected chi connectivity index (χ0v) is 16.4. The molecule has 0 aliphatic carbocycles. The van der Waals surface area contributed by atoms with Gasteiger partial charge in [-0.15, -0.1) is 0 Å². The molecular weight excluding hydrogens is 309 g/mol. The summed E-state index contributed by atoms with van der Waals surface area (Å²) in [6.45, 7) is 14.3. The van der Waals surface area contributed by atoms with E-state index in [-0.39, 0.29) is 12.5 Å². The molecule has 4 heterocycles. The highest BCUT2D eigenvalue weighted by molar-refractivity contribution is 6.69. The lowest BCUT2D eigenvalue weighted by Gasteiger charge is -2.45. The lowest BCUT2D eigenvalue weighted by atomic mass is 9.59. The van der Waals surface area contributed by atoms with Crippen LogP contribution in [-0.4, -0.2) is 35.4 Å². The van der Waals surface area contributed by atoms with E-state index in [0.29, 0.717) is 11.5 Å². The Morgan fingerprint density at radius 1 is 1.28 bits per heavy atom. The van der Waals surface area contributed by atoms with E-state index in [1.54, 1.807) is 6.20 Å². The number of furan rings is 1. The second-order valence-corrected chi connectivity index (χ2v) is 9.11. The van der Waals surface area contributed by atoms with E-state index in [2.05, 4.69) is 75.3 Å². The van der Waals surface area contributed by atoms with Gasteiger partial charge >= 0.3 is 6.98 Å². The maximum atomic E-state index is 6.14. The number of hydrogen-bond acceptors (Lipinski definition) is 4. The average molecular weight is 337 g/mol. The molecule has 132 valence electrons. The van der Waals surface area contributed by atoms with Crippen molar-refractivity contribution in [1.82, 2.24) is 9.79 Å². The number of hydrogen-bond donors (Lipinski definition) is 0. The normalized spacial score (nSPS) is 25.4. The van der Waals surface area contributed by atoms with Crippen LogP contribution in [0.2, 0.25) is 0 Å². The Bertz CT molecular complexity index is 867. The van der Waals surface area contributed by atoms with E-state index in [1.165, 1.54) is 11.9 Å². The molecule has 2 aromatic rings. The highest BCUT2D eigenvalue weighted by Crippen LogP contribution is 2.49.